The van der Waals surface area contributed by atoms with E-state index < -0.39 is 12.1 Å². The van der Waals surface area contributed by atoms with Gasteiger partial charge in [-0.2, -0.15) is 13.2 Å². The Morgan fingerprint density at radius 3 is 2.34 bits per heavy atom. The van der Waals surface area contributed by atoms with Gasteiger partial charge in [0.25, 0.3) is 0 Å². The molecule has 1 aromatic carbocycles. The van der Waals surface area contributed by atoms with Crippen molar-refractivity contribution in [2.75, 3.05) is 11.9 Å². The van der Waals surface area contributed by atoms with Crippen LogP contribution in [0.25, 0.3) is 10.2 Å². The number of nitrogens with one attached hydrogen (secondary N) is 1. The van der Waals surface area contributed by atoms with Gasteiger partial charge in [0.1, 0.15) is 16.5 Å². The van der Waals surface area contributed by atoms with Crippen molar-refractivity contribution in [3.63, 3.8) is 0 Å². The maximum absolute atomic E-state index is 10.6. The van der Waals surface area contributed by atoms with E-state index in [1.54, 1.807) is 11.3 Å². The van der Waals surface area contributed by atoms with Crippen LogP contribution in [0.1, 0.15) is 28.6 Å². The number of aliphatic carboxylic acids is 1. The zero-order chi connectivity index (χ0) is 21.8. The zero-order valence-corrected chi connectivity index (χ0v) is 16.9. The van der Waals surface area contributed by atoms with Crippen LogP contribution in [0, 0.1) is 20.8 Å². The number of rotatable bonds is 4. The third-order valence-electron chi connectivity index (χ3n) is 3.97. The summed E-state index contributed by atoms with van der Waals surface area (Å²) in [5.41, 5.74) is 9.85. The number of thiophene rings is 1. The number of carboxylic acids is 1. The molecule has 0 aliphatic heterocycles. The number of nitrogens with two attached hydrogens (primary N) is 1. The van der Waals surface area contributed by atoms with Crippen LogP contribution in [0.4, 0.5) is 19.0 Å². The van der Waals surface area contributed by atoms with Crippen LogP contribution in [0.15, 0.2) is 29.6 Å². The topological polar surface area (TPSA) is 101 Å². The van der Waals surface area contributed by atoms with Crippen molar-refractivity contribution in [2.45, 2.75) is 33.0 Å². The Labute approximate surface area is 169 Å². The zero-order valence-electron chi connectivity index (χ0n) is 16.0. The molecule has 0 fully saturated rings. The SMILES string of the molecule is Cc1ccc(C(N)CNc2nc(C)nc3scc(C)c23)cc1.O=C(O)C(F)(F)F. The summed E-state index contributed by atoms with van der Waals surface area (Å²) in [6, 6.07) is 8.28. The molecule has 2 heterocycles. The van der Waals surface area contributed by atoms with Gasteiger partial charge in [0, 0.05) is 12.6 Å². The van der Waals surface area contributed by atoms with Gasteiger partial charge in [-0.3, -0.25) is 0 Å². The predicted molar refractivity (Wildman–Crippen MR) is 107 cm³/mol. The fourth-order valence-corrected chi connectivity index (χ4v) is 3.42. The minimum atomic E-state index is -5.08. The molecule has 4 N–H and O–H groups in total. The van der Waals surface area contributed by atoms with Crippen LogP contribution in [-0.4, -0.2) is 33.8 Å². The number of alkyl halides is 3. The van der Waals surface area contributed by atoms with E-state index in [4.69, 9.17) is 15.6 Å². The van der Waals surface area contributed by atoms with E-state index in [9.17, 15) is 13.2 Å². The van der Waals surface area contributed by atoms with Gasteiger partial charge in [0.15, 0.2) is 0 Å². The molecular formula is C19H21F3N4O2S. The number of anilines is 1. The molecule has 0 saturated heterocycles. The second-order valence-electron chi connectivity index (χ2n) is 6.42. The number of hydrogen-bond acceptors (Lipinski definition) is 6. The highest BCUT2D eigenvalue weighted by molar-refractivity contribution is 7.17. The molecule has 0 radical (unpaired) electrons. The molecule has 156 valence electrons. The second kappa shape index (κ2) is 9.19. The summed E-state index contributed by atoms with van der Waals surface area (Å²) in [5.74, 6) is -1.10. The Kier molecular flexibility index (Phi) is 7.15. The number of benzene rings is 1. The van der Waals surface area contributed by atoms with Crippen molar-refractivity contribution in [3.8, 4) is 0 Å². The molecule has 0 amide bonds. The lowest BCUT2D eigenvalue weighted by molar-refractivity contribution is -0.192. The number of fused-ring (bicyclic) bond motifs is 1. The molecule has 0 aliphatic carbocycles. The summed E-state index contributed by atoms with van der Waals surface area (Å²) in [6.07, 6.45) is -5.08. The minimum absolute atomic E-state index is 0.0649. The molecule has 3 rings (SSSR count). The Bertz CT molecular complexity index is 988. The van der Waals surface area contributed by atoms with Crippen LogP contribution < -0.4 is 11.1 Å². The predicted octanol–water partition coefficient (Wildman–Crippen LogP) is 4.36. The van der Waals surface area contributed by atoms with E-state index in [0.29, 0.717) is 6.54 Å². The van der Waals surface area contributed by atoms with E-state index in [2.05, 4.69) is 58.8 Å². The smallest absolute Gasteiger partial charge is 0.475 e. The molecule has 10 heteroatoms. The largest absolute Gasteiger partial charge is 0.490 e. The monoisotopic (exact) mass is 426 g/mol. The summed E-state index contributed by atoms with van der Waals surface area (Å²) in [6.45, 7) is 6.72. The van der Waals surface area contributed by atoms with Crippen LogP contribution in [0.5, 0.6) is 0 Å². The molecule has 0 bridgehead atoms. The van der Waals surface area contributed by atoms with Gasteiger partial charge in [0.05, 0.1) is 5.39 Å². The number of aromatic nitrogens is 2. The molecule has 6 nitrogen and oxygen atoms in total. The molecule has 1 atom stereocenters. The summed E-state index contributed by atoms with van der Waals surface area (Å²) in [5, 5.41) is 13.7. The fraction of sp³-hybridized carbons (Fsp3) is 0.316. The molecule has 0 saturated carbocycles. The third kappa shape index (κ3) is 6.13. The first-order valence-corrected chi connectivity index (χ1v) is 9.45. The van der Waals surface area contributed by atoms with Gasteiger partial charge in [-0.05, 0) is 37.3 Å². The van der Waals surface area contributed by atoms with Gasteiger partial charge in [-0.25, -0.2) is 14.8 Å². The lowest BCUT2D eigenvalue weighted by Crippen LogP contribution is -2.21. The summed E-state index contributed by atoms with van der Waals surface area (Å²) in [4.78, 5) is 19.0. The van der Waals surface area contributed by atoms with Crippen LogP contribution >= 0.6 is 11.3 Å². The van der Waals surface area contributed by atoms with Crippen molar-refractivity contribution in [2.24, 2.45) is 5.73 Å². The standard InChI is InChI=1S/C17H20N4S.C2HF3O2/c1-10-4-6-13(7-5-10)14(18)8-19-16-15-11(2)9-22-17(15)21-12(3)20-16;3-2(4,5)1(6)7/h4-7,9,14H,8,18H2,1-3H3,(H,19,20,21);(H,6,7). The van der Waals surface area contributed by atoms with E-state index >= 15 is 0 Å². The highest BCUT2D eigenvalue weighted by Crippen LogP contribution is 2.29. The maximum atomic E-state index is 10.6. The molecule has 2 aromatic heterocycles. The number of carbonyl (C=O) groups is 1. The molecule has 29 heavy (non-hydrogen) atoms. The van der Waals surface area contributed by atoms with Gasteiger partial charge >= 0.3 is 12.1 Å². The van der Waals surface area contributed by atoms with Gasteiger partial charge in [-0.1, -0.05) is 29.8 Å². The number of nitrogens with zero attached hydrogens (tertiary/aromatic N) is 2. The van der Waals surface area contributed by atoms with Crippen LogP contribution in [-0.2, 0) is 4.79 Å². The number of aryl methyl sites for hydroxylation is 3. The van der Waals surface area contributed by atoms with Crippen molar-refractivity contribution in [3.05, 3.63) is 52.2 Å². The van der Waals surface area contributed by atoms with Crippen LogP contribution in [0.2, 0.25) is 0 Å². The van der Waals surface area contributed by atoms with Gasteiger partial charge in [-0.15, -0.1) is 11.3 Å². The summed E-state index contributed by atoms with van der Waals surface area (Å²) >= 11 is 1.65. The fourth-order valence-electron chi connectivity index (χ4n) is 2.46. The first-order chi connectivity index (χ1) is 13.5. The van der Waals surface area contributed by atoms with E-state index in [1.165, 1.54) is 11.1 Å². The number of halogens is 3. The molecule has 0 spiro atoms. The molecule has 1 unspecified atom stereocenters. The van der Waals surface area contributed by atoms with Crippen LogP contribution in [0.3, 0.4) is 0 Å². The Hall–Kier alpha value is -2.72. The summed E-state index contributed by atoms with van der Waals surface area (Å²) < 4.78 is 31.7. The number of hydrogen-bond donors (Lipinski definition) is 3. The highest BCUT2D eigenvalue weighted by atomic mass is 32.1. The van der Waals surface area contributed by atoms with Crippen molar-refractivity contribution in [1.82, 2.24) is 9.97 Å². The highest BCUT2D eigenvalue weighted by Gasteiger charge is 2.38. The molecule has 0 aliphatic rings. The van der Waals surface area contributed by atoms with Gasteiger partial charge in [0.2, 0.25) is 0 Å². The van der Waals surface area contributed by atoms with E-state index in [1.807, 2.05) is 6.92 Å². The first-order valence-electron chi connectivity index (χ1n) is 8.57. The molecule has 3 aromatic rings. The minimum Gasteiger partial charge on any atom is -0.475 e. The normalized spacial score (nSPS) is 12.2. The third-order valence-corrected chi connectivity index (χ3v) is 4.96. The van der Waals surface area contributed by atoms with Crippen molar-refractivity contribution >= 4 is 33.3 Å². The number of carboxylic acid groups (broad SMARTS) is 1. The van der Waals surface area contributed by atoms with E-state index in [0.717, 1.165) is 27.4 Å². The summed E-state index contributed by atoms with van der Waals surface area (Å²) in [7, 11) is 0. The van der Waals surface area contributed by atoms with E-state index in [-0.39, 0.29) is 6.04 Å². The second-order valence-corrected chi connectivity index (χ2v) is 7.28. The van der Waals surface area contributed by atoms with Crippen molar-refractivity contribution < 1.29 is 23.1 Å². The van der Waals surface area contributed by atoms with Crippen molar-refractivity contribution in [1.29, 1.82) is 0 Å². The Balaban J connectivity index is 0.000000370. The van der Waals surface area contributed by atoms with Gasteiger partial charge < -0.3 is 16.2 Å². The maximum Gasteiger partial charge on any atom is 0.490 e. The average molecular weight is 426 g/mol. The molecular weight excluding hydrogens is 405 g/mol. The quantitative estimate of drug-likeness (QED) is 0.573. The Morgan fingerprint density at radius 1 is 1.21 bits per heavy atom. The lowest BCUT2D eigenvalue weighted by atomic mass is 10.1. The lowest BCUT2D eigenvalue weighted by Gasteiger charge is -2.15. The Morgan fingerprint density at radius 2 is 1.79 bits per heavy atom. The average Bonchev–Trinajstić information content (AvgIpc) is 3.00. The first kappa shape index (κ1) is 22.6.